The van der Waals surface area contributed by atoms with Crippen molar-refractivity contribution in [3.05, 3.63) is 28.2 Å². The molecule has 78 valence electrons. The third kappa shape index (κ3) is 2.60. The highest BCUT2D eigenvalue weighted by atomic mass is 79.9. The molecule has 0 amide bonds. The molecule has 2 N–H and O–H groups in total. The quantitative estimate of drug-likeness (QED) is 0.641. The minimum atomic E-state index is -4.45. The molecule has 0 fully saturated rings. The highest BCUT2D eigenvalue weighted by Gasteiger charge is 2.33. The monoisotopic (exact) mass is 271 g/mol. The Labute approximate surface area is 85.5 Å². The Morgan fingerprint density at radius 1 is 1.36 bits per heavy atom. The zero-order valence-corrected chi connectivity index (χ0v) is 8.19. The molecule has 0 atom stereocenters. The molecule has 0 aliphatic carbocycles. The summed E-state index contributed by atoms with van der Waals surface area (Å²) in [6, 6.07) is 3.32. The number of hydrogen-bond acceptors (Lipinski definition) is 3. The van der Waals surface area contributed by atoms with E-state index in [1.165, 1.54) is 12.1 Å². The maximum Gasteiger partial charge on any atom is 0.417 e. The first kappa shape index (κ1) is 11.3. The maximum absolute atomic E-state index is 12.3. The van der Waals surface area contributed by atoms with Crippen molar-refractivity contribution in [2.45, 2.75) is 6.18 Å². The second-order valence-electron chi connectivity index (χ2n) is 2.39. The molecule has 0 aromatic heterocycles. The average Bonchev–Trinajstić information content (AvgIpc) is 2.07. The van der Waals surface area contributed by atoms with Gasteiger partial charge in [0.05, 0.1) is 11.3 Å². The summed E-state index contributed by atoms with van der Waals surface area (Å²) in [5.74, 6) is 0. The number of benzene rings is 1. The Morgan fingerprint density at radius 2 is 2.00 bits per heavy atom. The number of alkyl halides is 3. The summed E-state index contributed by atoms with van der Waals surface area (Å²) >= 11 is 2.77. The molecule has 1 aromatic rings. The highest BCUT2D eigenvalue weighted by molar-refractivity contribution is 9.10. The van der Waals surface area contributed by atoms with Gasteiger partial charge in [-0.3, -0.25) is 0 Å². The zero-order chi connectivity index (χ0) is 10.8. The molecule has 14 heavy (non-hydrogen) atoms. The van der Waals surface area contributed by atoms with Crippen LogP contribution in [0.15, 0.2) is 22.7 Å². The normalized spacial score (nSPS) is 11.5. The lowest BCUT2D eigenvalue weighted by Gasteiger charge is -2.10. The molecule has 0 heterocycles. The van der Waals surface area contributed by atoms with Gasteiger partial charge in [0.25, 0.3) is 0 Å². The van der Waals surface area contributed by atoms with Crippen LogP contribution in [0.2, 0.25) is 0 Å². The van der Waals surface area contributed by atoms with Gasteiger partial charge in [0.1, 0.15) is 0 Å². The van der Waals surface area contributed by atoms with Gasteiger partial charge in [-0.2, -0.15) is 13.2 Å². The fourth-order valence-corrected chi connectivity index (χ4v) is 1.33. The van der Waals surface area contributed by atoms with Crippen molar-refractivity contribution in [2.75, 3.05) is 5.48 Å². The lowest BCUT2D eigenvalue weighted by atomic mass is 10.2. The molecule has 0 saturated heterocycles. The maximum atomic E-state index is 12.3. The van der Waals surface area contributed by atoms with Gasteiger partial charge in [0.2, 0.25) is 0 Å². The van der Waals surface area contributed by atoms with E-state index in [1.807, 2.05) is 5.48 Å². The standard InChI is InChI=1S/C7H5BrF3NO2/c8-6-2-1-4(12-14-13)3-5(6)7(9,10)11/h1-3,12-13H. The van der Waals surface area contributed by atoms with Crippen molar-refractivity contribution in [3.8, 4) is 0 Å². The Kier molecular flexibility index (Phi) is 3.35. The average molecular weight is 272 g/mol. The number of anilines is 1. The minimum Gasteiger partial charge on any atom is -0.236 e. The van der Waals surface area contributed by atoms with Crippen LogP contribution in [0.5, 0.6) is 0 Å². The van der Waals surface area contributed by atoms with Crippen LogP contribution < -0.4 is 5.48 Å². The fourth-order valence-electron chi connectivity index (χ4n) is 0.859. The lowest BCUT2D eigenvalue weighted by Crippen LogP contribution is -2.07. The van der Waals surface area contributed by atoms with Gasteiger partial charge in [0.15, 0.2) is 0 Å². The molecule has 1 rings (SSSR count). The van der Waals surface area contributed by atoms with Gasteiger partial charge in [0, 0.05) is 4.47 Å². The topological polar surface area (TPSA) is 41.5 Å². The van der Waals surface area contributed by atoms with Crippen LogP contribution in [0.4, 0.5) is 18.9 Å². The SMILES string of the molecule is OONc1ccc(Br)c(C(F)(F)F)c1. The predicted octanol–water partition coefficient (Wildman–Crippen LogP) is 3.28. The van der Waals surface area contributed by atoms with Gasteiger partial charge >= 0.3 is 6.18 Å². The molecule has 0 radical (unpaired) electrons. The van der Waals surface area contributed by atoms with Crippen LogP contribution in [0, 0.1) is 0 Å². The van der Waals surface area contributed by atoms with E-state index >= 15 is 0 Å². The number of nitrogens with one attached hydrogen (secondary N) is 1. The van der Waals surface area contributed by atoms with E-state index in [0.29, 0.717) is 0 Å². The number of halogens is 4. The van der Waals surface area contributed by atoms with Gasteiger partial charge in [-0.25, -0.2) is 10.7 Å². The van der Waals surface area contributed by atoms with E-state index < -0.39 is 11.7 Å². The summed E-state index contributed by atoms with van der Waals surface area (Å²) in [4.78, 5) is 3.50. The summed E-state index contributed by atoms with van der Waals surface area (Å²) in [6.07, 6.45) is -4.45. The van der Waals surface area contributed by atoms with Gasteiger partial charge < -0.3 is 0 Å². The largest absolute Gasteiger partial charge is 0.417 e. The van der Waals surface area contributed by atoms with Crippen molar-refractivity contribution in [1.29, 1.82) is 0 Å². The Hall–Kier alpha value is -0.790. The van der Waals surface area contributed by atoms with E-state index in [9.17, 15) is 13.2 Å². The van der Waals surface area contributed by atoms with E-state index in [-0.39, 0.29) is 10.2 Å². The summed E-state index contributed by atoms with van der Waals surface area (Å²) in [7, 11) is 0. The number of rotatable bonds is 2. The summed E-state index contributed by atoms with van der Waals surface area (Å²) in [5, 5.41) is 7.98. The molecule has 1 aromatic carbocycles. The molecule has 0 bridgehead atoms. The third-order valence-electron chi connectivity index (χ3n) is 1.44. The van der Waals surface area contributed by atoms with Crippen LogP contribution in [0.25, 0.3) is 0 Å². The molecule has 7 heteroatoms. The van der Waals surface area contributed by atoms with Gasteiger partial charge in [-0.15, -0.1) is 4.99 Å². The molecule has 0 spiro atoms. The first-order chi connectivity index (χ1) is 6.45. The van der Waals surface area contributed by atoms with Gasteiger partial charge in [-0.05, 0) is 18.2 Å². The Bertz CT molecular complexity index is 329. The van der Waals surface area contributed by atoms with E-state index in [1.54, 1.807) is 0 Å². The van der Waals surface area contributed by atoms with Crippen LogP contribution >= 0.6 is 15.9 Å². The molecule has 0 unspecified atom stereocenters. The van der Waals surface area contributed by atoms with E-state index in [4.69, 9.17) is 5.26 Å². The molecule has 0 saturated carbocycles. The van der Waals surface area contributed by atoms with Crippen LogP contribution in [0.1, 0.15) is 5.56 Å². The first-order valence-electron chi connectivity index (χ1n) is 3.38. The lowest BCUT2D eigenvalue weighted by molar-refractivity contribution is -0.215. The van der Waals surface area contributed by atoms with E-state index in [2.05, 4.69) is 20.9 Å². The molecular weight excluding hydrogens is 267 g/mol. The first-order valence-corrected chi connectivity index (χ1v) is 4.17. The van der Waals surface area contributed by atoms with Crippen LogP contribution in [-0.4, -0.2) is 5.26 Å². The van der Waals surface area contributed by atoms with Crippen molar-refractivity contribution in [1.82, 2.24) is 0 Å². The summed E-state index contributed by atoms with van der Waals surface area (Å²) in [6.45, 7) is 0. The second-order valence-corrected chi connectivity index (χ2v) is 3.24. The molecule has 0 aliphatic rings. The van der Waals surface area contributed by atoms with Crippen molar-refractivity contribution < 1.29 is 23.4 Å². The minimum absolute atomic E-state index is 0.00280. The van der Waals surface area contributed by atoms with Gasteiger partial charge in [-0.1, -0.05) is 15.9 Å². The smallest absolute Gasteiger partial charge is 0.236 e. The predicted molar refractivity (Wildman–Crippen MR) is 46.5 cm³/mol. The third-order valence-corrected chi connectivity index (χ3v) is 2.13. The molecule has 3 nitrogen and oxygen atoms in total. The van der Waals surface area contributed by atoms with Crippen molar-refractivity contribution >= 4 is 21.6 Å². The van der Waals surface area contributed by atoms with Crippen LogP contribution in [0.3, 0.4) is 0 Å². The van der Waals surface area contributed by atoms with Crippen molar-refractivity contribution in [3.63, 3.8) is 0 Å². The second kappa shape index (κ2) is 4.16. The zero-order valence-electron chi connectivity index (χ0n) is 6.60. The Balaban J connectivity index is 3.09. The summed E-state index contributed by atoms with van der Waals surface area (Å²) < 4.78 is 36.8. The molecular formula is C7H5BrF3NO2. The van der Waals surface area contributed by atoms with Crippen LogP contribution in [-0.2, 0) is 11.2 Å². The number of hydrogen-bond donors (Lipinski definition) is 2. The van der Waals surface area contributed by atoms with E-state index in [0.717, 1.165) is 6.07 Å². The fraction of sp³-hybridized carbons (Fsp3) is 0.143. The molecule has 0 aliphatic heterocycles. The van der Waals surface area contributed by atoms with Crippen molar-refractivity contribution in [2.24, 2.45) is 0 Å². The highest BCUT2D eigenvalue weighted by Crippen LogP contribution is 2.36. The summed E-state index contributed by atoms with van der Waals surface area (Å²) in [5.41, 5.74) is 1.04. The Morgan fingerprint density at radius 3 is 2.50 bits per heavy atom.